The van der Waals surface area contributed by atoms with Gasteiger partial charge in [-0.3, -0.25) is 14.5 Å². The van der Waals surface area contributed by atoms with Crippen molar-refractivity contribution in [1.82, 2.24) is 4.90 Å². The fourth-order valence-corrected chi connectivity index (χ4v) is 3.65. The largest absolute Gasteiger partial charge is 0.369 e. The van der Waals surface area contributed by atoms with E-state index in [0.29, 0.717) is 30.9 Å². The third-order valence-electron chi connectivity index (χ3n) is 5.46. The van der Waals surface area contributed by atoms with E-state index in [1.54, 1.807) is 0 Å². The van der Waals surface area contributed by atoms with Crippen LogP contribution < -0.4 is 10.2 Å². The molecular formula is C24H31N3O2. The van der Waals surface area contributed by atoms with Crippen molar-refractivity contribution in [3.8, 4) is 0 Å². The highest BCUT2D eigenvalue weighted by atomic mass is 16.1. The van der Waals surface area contributed by atoms with Gasteiger partial charge in [-0.25, -0.2) is 0 Å². The molecule has 1 fully saturated rings. The molecule has 29 heavy (non-hydrogen) atoms. The van der Waals surface area contributed by atoms with Crippen LogP contribution in [-0.2, 0) is 4.79 Å². The summed E-state index contributed by atoms with van der Waals surface area (Å²) in [6, 6.07) is 17.9. The lowest BCUT2D eigenvalue weighted by molar-refractivity contribution is -0.116. The SMILES string of the molecule is CC(C)N1CCN(c2ccc(NC(=O)CCCC(=O)c3ccccc3)cc2)CC1. The van der Waals surface area contributed by atoms with Crippen LogP contribution in [0.15, 0.2) is 54.6 Å². The molecule has 0 unspecified atom stereocenters. The summed E-state index contributed by atoms with van der Waals surface area (Å²) in [7, 11) is 0. The molecule has 0 aromatic heterocycles. The predicted molar refractivity (Wildman–Crippen MR) is 119 cm³/mol. The maximum absolute atomic E-state index is 12.2. The van der Waals surface area contributed by atoms with E-state index in [9.17, 15) is 9.59 Å². The molecule has 154 valence electrons. The van der Waals surface area contributed by atoms with Crippen molar-refractivity contribution in [2.45, 2.75) is 39.2 Å². The number of carbonyl (C=O) groups is 2. The highest BCUT2D eigenvalue weighted by Gasteiger charge is 2.18. The second kappa shape index (κ2) is 10.2. The Morgan fingerprint density at radius 3 is 2.17 bits per heavy atom. The summed E-state index contributed by atoms with van der Waals surface area (Å²) in [5.74, 6) is 0.0319. The first kappa shape index (κ1) is 21.1. The zero-order chi connectivity index (χ0) is 20.6. The molecule has 1 N–H and O–H groups in total. The summed E-state index contributed by atoms with van der Waals surface area (Å²) < 4.78 is 0. The molecule has 1 amide bonds. The summed E-state index contributed by atoms with van der Waals surface area (Å²) in [6.45, 7) is 8.70. The number of hydrogen-bond acceptors (Lipinski definition) is 4. The normalized spacial score (nSPS) is 14.8. The van der Waals surface area contributed by atoms with Crippen LogP contribution in [0.1, 0.15) is 43.5 Å². The van der Waals surface area contributed by atoms with Crippen molar-refractivity contribution in [1.29, 1.82) is 0 Å². The number of carbonyl (C=O) groups excluding carboxylic acids is 2. The zero-order valence-corrected chi connectivity index (χ0v) is 17.4. The Morgan fingerprint density at radius 2 is 1.55 bits per heavy atom. The number of amides is 1. The van der Waals surface area contributed by atoms with Crippen LogP contribution in [0.3, 0.4) is 0 Å². The molecule has 0 spiro atoms. The second-order valence-electron chi connectivity index (χ2n) is 7.85. The van der Waals surface area contributed by atoms with E-state index < -0.39 is 0 Å². The van der Waals surface area contributed by atoms with Gasteiger partial charge in [0.25, 0.3) is 0 Å². The van der Waals surface area contributed by atoms with E-state index in [0.717, 1.165) is 31.9 Å². The molecule has 0 aliphatic carbocycles. The number of anilines is 2. The smallest absolute Gasteiger partial charge is 0.224 e. The molecule has 2 aromatic carbocycles. The number of rotatable bonds is 8. The minimum absolute atomic E-state index is 0.0517. The fraction of sp³-hybridized carbons (Fsp3) is 0.417. The number of benzene rings is 2. The van der Waals surface area contributed by atoms with E-state index in [-0.39, 0.29) is 11.7 Å². The van der Waals surface area contributed by atoms with Crippen LogP contribution in [0.25, 0.3) is 0 Å². The van der Waals surface area contributed by atoms with Gasteiger partial charge in [0, 0.05) is 62.0 Å². The first-order chi connectivity index (χ1) is 14.0. The molecule has 0 saturated carbocycles. The topological polar surface area (TPSA) is 52.6 Å². The van der Waals surface area contributed by atoms with E-state index in [1.165, 1.54) is 5.69 Å². The Hall–Kier alpha value is -2.66. The molecule has 1 aliphatic heterocycles. The van der Waals surface area contributed by atoms with E-state index >= 15 is 0 Å². The van der Waals surface area contributed by atoms with Gasteiger partial charge < -0.3 is 10.2 Å². The standard InChI is InChI=1S/C24H31N3O2/c1-19(2)26-15-17-27(18-16-26)22-13-11-21(12-14-22)25-24(29)10-6-9-23(28)20-7-4-3-5-8-20/h3-5,7-8,11-14,19H,6,9-10,15-18H2,1-2H3,(H,25,29). The molecule has 1 aliphatic rings. The first-order valence-electron chi connectivity index (χ1n) is 10.5. The summed E-state index contributed by atoms with van der Waals surface area (Å²) in [6.07, 6.45) is 1.29. The molecule has 3 rings (SSSR count). The maximum atomic E-state index is 12.2. The summed E-state index contributed by atoms with van der Waals surface area (Å²) in [5, 5.41) is 2.93. The monoisotopic (exact) mass is 393 g/mol. The Balaban J connectivity index is 1.41. The van der Waals surface area contributed by atoms with Gasteiger partial charge in [0.05, 0.1) is 0 Å². The highest BCUT2D eigenvalue weighted by molar-refractivity contribution is 5.96. The van der Waals surface area contributed by atoms with Gasteiger partial charge >= 0.3 is 0 Å². The molecule has 0 atom stereocenters. The van der Waals surface area contributed by atoms with Crippen molar-refractivity contribution in [3.63, 3.8) is 0 Å². The number of Topliss-reactive ketones (excluding diaryl/α,β-unsaturated/α-hetero) is 1. The van der Waals surface area contributed by atoms with Gasteiger partial charge in [0.2, 0.25) is 5.91 Å². The van der Waals surface area contributed by atoms with Gasteiger partial charge in [0.1, 0.15) is 0 Å². The van der Waals surface area contributed by atoms with E-state index in [2.05, 4.69) is 41.1 Å². The van der Waals surface area contributed by atoms with Crippen molar-refractivity contribution in [2.24, 2.45) is 0 Å². The van der Waals surface area contributed by atoms with Gasteiger partial charge in [0.15, 0.2) is 5.78 Å². The van der Waals surface area contributed by atoms with Crippen molar-refractivity contribution >= 4 is 23.1 Å². The number of nitrogens with zero attached hydrogens (tertiary/aromatic N) is 2. The van der Waals surface area contributed by atoms with E-state index in [4.69, 9.17) is 0 Å². The molecule has 0 bridgehead atoms. The molecule has 0 radical (unpaired) electrons. The molecular weight excluding hydrogens is 362 g/mol. The van der Waals surface area contributed by atoms with Crippen LogP contribution in [0.4, 0.5) is 11.4 Å². The molecule has 1 heterocycles. The lowest BCUT2D eigenvalue weighted by Gasteiger charge is -2.38. The van der Waals surface area contributed by atoms with Crippen LogP contribution in [0.2, 0.25) is 0 Å². The van der Waals surface area contributed by atoms with Crippen LogP contribution in [0, 0.1) is 0 Å². The van der Waals surface area contributed by atoms with Crippen LogP contribution in [-0.4, -0.2) is 48.8 Å². The maximum Gasteiger partial charge on any atom is 0.224 e. The predicted octanol–water partition coefficient (Wildman–Crippen LogP) is 4.21. The van der Waals surface area contributed by atoms with Gasteiger partial charge in [-0.05, 0) is 44.5 Å². The highest BCUT2D eigenvalue weighted by Crippen LogP contribution is 2.20. The number of nitrogens with one attached hydrogen (secondary N) is 1. The number of ketones is 1. The van der Waals surface area contributed by atoms with Crippen molar-refractivity contribution < 1.29 is 9.59 Å². The average molecular weight is 394 g/mol. The minimum atomic E-state index is -0.0517. The molecule has 5 nitrogen and oxygen atoms in total. The number of hydrogen-bond donors (Lipinski definition) is 1. The van der Waals surface area contributed by atoms with Crippen molar-refractivity contribution in [2.75, 3.05) is 36.4 Å². The molecule has 5 heteroatoms. The Kier molecular flexibility index (Phi) is 7.42. The van der Waals surface area contributed by atoms with Gasteiger partial charge in [-0.2, -0.15) is 0 Å². The minimum Gasteiger partial charge on any atom is -0.369 e. The summed E-state index contributed by atoms with van der Waals surface area (Å²) in [5.41, 5.74) is 2.70. The van der Waals surface area contributed by atoms with Crippen LogP contribution >= 0.6 is 0 Å². The Morgan fingerprint density at radius 1 is 0.897 bits per heavy atom. The summed E-state index contributed by atoms with van der Waals surface area (Å²) >= 11 is 0. The third kappa shape index (κ3) is 6.16. The zero-order valence-electron chi connectivity index (χ0n) is 17.4. The molecule has 1 saturated heterocycles. The Bertz CT molecular complexity index is 795. The van der Waals surface area contributed by atoms with E-state index in [1.807, 2.05) is 42.5 Å². The van der Waals surface area contributed by atoms with Gasteiger partial charge in [-0.1, -0.05) is 30.3 Å². The van der Waals surface area contributed by atoms with Gasteiger partial charge in [-0.15, -0.1) is 0 Å². The van der Waals surface area contributed by atoms with Crippen molar-refractivity contribution in [3.05, 3.63) is 60.2 Å². The lowest BCUT2D eigenvalue weighted by Crippen LogP contribution is -2.48. The fourth-order valence-electron chi connectivity index (χ4n) is 3.65. The molecule has 2 aromatic rings. The summed E-state index contributed by atoms with van der Waals surface area (Å²) in [4.78, 5) is 29.2. The first-order valence-corrected chi connectivity index (χ1v) is 10.5. The second-order valence-corrected chi connectivity index (χ2v) is 7.85. The Labute approximate surface area is 173 Å². The quantitative estimate of drug-likeness (QED) is 0.683. The number of piperazine rings is 1. The third-order valence-corrected chi connectivity index (χ3v) is 5.46. The average Bonchev–Trinajstić information content (AvgIpc) is 2.75. The van der Waals surface area contributed by atoms with Crippen LogP contribution in [0.5, 0.6) is 0 Å². The lowest BCUT2D eigenvalue weighted by atomic mass is 10.1.